The van der Waals surface area contributed by atoms with Gasteiger partial charge in [0.05, 0.1) is 5.56 Å². The predicted molar refractivity (Wildman–Crippen MR) is 146 cm³/mol. The van der Waals surface area contributed by atoms with Crippen LogP contribution in [0.2, 0.25) is 0 Å². The monoisotopic (exact) mass is 494 g/mol. The quantitative estimate of drug-likeness (QED) is 0.262. The summed E-state index contributed by atoms with van der Waals surface area (Å²) in [4.78, 5) is 37.9. The van der Waals surface area contributed by atoms with Crippen molar-refractivity contribution in [3.8, 4) is 24.7 Å². The molecule has 4 N–H and O–H groups in total. The molecule has 37 heavy (non-hydrogen) atoms. The van der Waals surface area contributed by atoms with E-state index in [-0.39, 0.29) is 16.9 Å². The molecule has 8 nitrogen and oxygen atoms in total. The highest BCUT2D eigenvalue weighted by molar-refractivity contribution is 6.04. The number of benzene rings is 3. The molecule has 0 atom stereocenters. The molecular weight excluding hydrogens is 468 g/mol. The zero-order valence-corrected chi connectivity index (χ0v) is 20.6. The number of hydrogen-bond donors (Lipinski definition) is 4. The fourth-order valence-electron chi connectivity index (χ4n) is 3.11. The number of carbonyl (C=O) groups is 3. The lowest BCUT2D eigenvalue weighted by Crippen LogP contribution is -2.25. The standard InChI is InChI=1S/C29H26N4O4/c1-6-19-8-12-22(13-9-19)30-27(35)32-24-16-21(26(34)37-29(3,4)5)17-25(18-24)33-28(36)31-23-14-10-20(7-2)11-15-23/h1-2,8-18H,3-5H3,(H2,30,32,35)(H2,31,33,36). The molecule has 0 aliphatic carbocycles. The molecule has 0 saturated heterocycles. The maximum Gasteiger partial charge on any atom is 0.338 e. The molecule has 4 amide bonds. The van der Waals surface area contributed by atoms with Crippen molar-refractivity contribution >= 4 is 40.8 Å². The Hall–Kier alpha value is -5.21. The first-order valence-corrected chi connectivity index (χ1v) is 11.2. The van der Waals surface area contributed by atoms with E-state index in [1.54, 1.807) is 69.3 Å². The van der Waals surface area contributed by atoms with Gasteiger partial charge < -0.3 is 26.0 Å². The molecule has 0 aliphatic rings. The number of urea groups is 2. The summed E-state index contributed by atoms with van der Waals surface area (Å²) in [6.07, 6.45) is 10.7. The van der Waals surface area contributed by atoms with Crippen LogP contribution in [-0.4, -0.2) is 23.6 Å². The van der Waals surface area contributed by atoms with Crippen molar-refractivity contribution in [3.05, 3.63) is 83.4 Å². The number of nitrogens with one attached hydrogen (secondary N) is 4. The Morgan fingerprint density at radius 3 is 1.38 bits per heavy atom. The van der Waals surface area contributed by atoms with Gasteiger partial charge in [0.25, 0.3) is 0 Å². The van der Waals surface area contributed by atoms with Crippen LogP contribution in [0, 0.1) is 24.7 Å². The van der Waals surface area contributed by atoms with Crippen LogP contribution in [0.15, 0.2) is 66.7 Å². The van der Waals surface area contributed by atoms with Crippen LogP contribution < -0.4 is 21.3 Å². The minimum absolute atomic E-state index is 0.139. The Labute approximate surface area is 215 Å². The molecule has 0 fully saturated rings. The van der Waals surface area contributed by atoms with E-state index >= 15 is 0 Å². The third-order valence-electron chi connectivity index (χ3n) is 4.70. The molecular formula is C29H26N4O4. The van der Waals surface area contributed by atoms with Gasteiger partial charge in [0.2, 0.25) is 0 Å². The molecule has 0 aromatic heterocycles. The number of hydrogen-bond acceptors (Lipinski definition) is 4. The van der Waals surface area contributed by atoms with Gasteiger partial charge in [-0.15, -0.1) is 12.8 Å². The Bertz CT molecular complexity index is 1300. The molecule has 0 bridgehead atoms. The van der Waals surface area contributed by atoms with Crippen LogP contribution in [0.25, 0.3) is 0 Å². The summed E-state index contributed by atoms with van der Waals surface area (Å²) in [5, 5.41) is 10.7. The number of esters is 1. The average Bonchev–Trinajstić information content (AvgIpc) is 2.83. The van der Waals surface area contributed by atoms with E-state index in [0.717, 1.165) is 0 Å². The first-order chi connectivity index (χ1) is 17.5. The smallest absolute Gasteiger partial charge is 0.338 e. The van der Waals surface area contributed by atoms with Gasteiger partial charge in [-0.05, 0) is 87.5 Å². The molecule has 0 radical (unpaired) electrons. The molecule has 8 heteroatoms. The number of rotatable bonds is 5. The largest absolute Gasteiger partial charge is 0.456 e. The zero-order valence-electron chi connectivity index (χ0n) is 20.6. The van der Waals surface area contributed by atoms with Crippen molar-refractivity contribution < 1.29 is 19.1 Å². The van der Waals surface area contributed by atoms with Gasteiger partial charge in [-0.2, -0.15) is 0 Å². The van der Waals surface area contributed by atoms with Crippen LogP contribution in [0.4, 0.5) is 32.3 Å². The summed E-state index contributed by atoms with van der Waals surface area (Å²) < 4.78 is 5.45. The van der Waals surface area contributed by atoms with Crippen molar-refractivity contribution in [1.82, 2.24) is 0 Å². The van der Waals surface area contributed by atoms with Gasteiger partial charge in [-0.1, -0.05) is 11.8 Å². The van der Waals surface area contributed by atoms with Crippen molar-refractivity contribution in [1.29, 1.82) is 0 Å². The van der Waals surface area contributed by atoms with Gasteiger partial charge in [-0.3, -0.25) is 0 Å². The van der Waals surface area contributed by atoms with Gasteiger partial charge >= 0.3 is 18.0 Å². The predicted octanol–water partition coefficient (Wildman–Crippen LogP) is 5.89. The second kappa shape index (κ2) is 11.5. The fourth-order valence-corrected chi connectivity index (χ4v) is 3.11. The van der Waals surface area contributed by atoms with Gasteiger partial charge in [-0.25, -0.2) is 14.4 Å². The minimum atomic E-state index is -0.738. The number of ether oxygens (including phenoxy) is 1. The van der Waals surface area contributed by atoms with E-state index in [1.807, 2.05) is 0 Å². The number of terminal acetylenes is 2. The second-order valence-corrected chi connectivity index (χ2v) is 8.90. The first-order valence-electron chi connectivity index (χ1n) is 11.2. The molecule has 0 unspecified atom stereocenters. The average molecular weight is 495 g/mol. The lowest BCUT2D eigenvalue weighted by atomic mass is 10.1. The van der Waals surface area contributed by atoms with Crippen molar-refractivity contribution in [2.75, 3.05) is 21.3 Å². The molecule has 3 aromatic rings. The third kappa shape index (κ3) is 8.20. The van der Waals surface area contributed by atoms with E-state index < -0.39 is 23.6 Å². The third-order valence-corrected chi connectivity index (χ3v) is 4.70. The zero-order chi connectivity index (χ0) is 27.0. The Morgan fingerprint density at radius 2 is 1.03 bits per heavy atom. The number of amides is 4. The highest BCUT2D eigenvalue weighted by atomic mass is 16.6. The van der Waals surface area contributed by atoms with E-state index in [2.05, 4.69) is 33.1 Å². The van der Waals surface area contributed by atoms with Gasteiger partial charge in [0.1, 0.15) is 5.60 Å². The maximum atomic E-state index is 12.7. The van der Waals surface area contributed by atoms with Gasteiger partial charge in [0.15, 0.2) is 0 Å². The van der Waals surface area contributed by atoms with E-state index in [0.29, 0.717) is 22.5 Å². The minimum Gasteiger partial charge on any atom is -0.456 e. The Kier molecular flexibility index (Phi) is 8.19. The summed E-state index contributed by atoms with van der Waals surface area (Å²) in [6, 6.07) is 16.7. The molecule has 186 valence electrons. The topological polar surface area (TPSA) is 109 Å². The summed E-state index contributed by atoms with van der Waals surface area (Å²) in [5.41, 5.74) is 2.32. The second-order valence-electron chi connectivity index (χ2n) is 8.90. The van der Waals surface area contributed by atoms with Crippen LogP contribution in [-0.2, 0) is 4.74 Å². The number of anilines is 4. The van der Waals surface area contributed by atoms with Crippen molar-refractivity contribution in [2.45, 2.75) is 26.4 Å². The molecule has 0 saturated carbocycles. The van der Waals surface area contributed by atoms with E-state index in [1.165, 1.54) is 18.2 Å². The lowest BCUT2D eigenvalue weighted by molar-refractivity contribution is 0.00695. The summed E-state index contributed by atoms with van der Waals surface area (Å²) in [7, 11) is 0. The van der Waals surface area contributed by atoms with Gasteiger partial charge in [0, 0.05) is 33.9 Å². The SMILES string of the molecule is C#Cc1ccc(NC(=O)Nc2cc(NC(=O)Nc3ccc(C#C)cc3)cc(C(=O)OC(C)(C)C)c2)cc1. The van der Waals surface area contributed by atoms with Crippen LogP contribution in [0.1, 0.15) is 42.3 Å². The normalized spacial score (nSPS) is 10.3. The van der Waals surface area contributed by atoms with Crippen molar-refractivity contribution in [2.24, 2.45) is 0 Å². The molecule has 0 spiro atoms. The Balaban J connectivity index is 1.79. The van der Waals surface area contributed by atoms with Crippen molar-refractivity contribution in [3.63, 3.8) is 0 Å². The summed E-state index contributed by atoms with van der Waals surface area (Å²) in [5.74, 6) is 4.39. The van der Waals surface area contributed by atoms with Crippen LogP contribution >= 0.6 is 0 Å². The summed E-state index contributed by atoms with van der Waals surface area (Å²) in [6.45, 7) is 5.22. The number of carbonyl (C=O) groups excluding carboxylic acids is 3. The first kappa shape index (κ1) is 26.4. The Morgan fingerprint density at radius 1 is 0.649 bits per heavy atom. The van der Waals surface area contributed by atoms with Crippen LogP contribution in [0.3, 0.4) is 0 Å². The van der Waals surface area contributed by atoms with Crippen LogP contribution in [0.5, 0.6) is 0 Å². The molecule has 0 heterocycles. The highest BCUT2D eigenvalue weighted by Gasteiger charge is 2.20. The lowest BCUT2D eigenvalue weighted by Gasteiger charge is -2.20. The molecule has 3 aromatic carbocycles. The summed E-state index contributed by atoms with van der Waals surface area (Å²) >= 11 is 0. The fraction of sp³-hybridized carbons (Fsp3) is 0.138. The molecule has 3 rings (SSSR count). The van der Waals surface area contributed by atoms with E-state index in [9.17, 15) is 14.4 Å². The maximum absolute atomic E-state index is 12.7. The molecule has 0 aliphatic heterocycles. The van der Waals surface area contributed by atoms with E-state index in [4.69, 9.17) is 17.6 Å². The highest BCUT2D eigenvalue weighted by Crippen LogP contribution is 2.23.